The average molecular weight is 261 g/mol. The molecule has 0 aromatic heterocycles. The summed E-state index contributed by atoms with van der Waals surface area (Å²) in [4.78, 5) is 0. The van der Waals surface area contributed by atoms with E-state index in [1.807, 2.05) is 19.2 Å². The van der Waals surface area contributed by atoms with Crippen LogP contribution in [0.5, 0.6) is 0 Å². The second-order valence-corrected chi connectivity index (χ2v) is 4.74. The molecule has 1 N–H and O–H groups in total. The molecule has 2 rings (SSSR count). The van der Waals surface area contributed by atoms with Gasteiger partial charge in [0.15, 0.2) is 0 Å². The van der Waals surface area contributed by atoms with Gasteiger partial charge in [-0.25, -0.2) is 8.78 Å². The van der Waals surface area contributed by atoms with Crippen LogP contribution in [0.4, 0.5) is 8.78 Å². The predicted octanol–water partition coefficient (Wildman–Crippen LogP) is 3.89. The minimum Gasteiger partial charge on any atom is -0.309 e. The van der Waals surface area contributed by atoms with Crippen molar-refractivity contribution in [3.63, 3.8) is 0 Å². The van der Waals surface area contributed by atoms with Gasteiger partial charge in [-0.05, 0) is 55.3 Å². The third-order valence-corrected chi connectivity index (χ3v) is 3.28. The predicted molar refractivity (Wildman–Crippen MR) is 73.2 cm³/mol. The van der Waals surface area contributed by atoms with Gasteiger partial charge in [-0.2, -0.15) is 0 Å². The topological polar surface area (TPSA) is 12.0 Å². The highest BCUT2D eigenvalue weighted by Gasteiger charge is 2.14. The van der Waals surface area contributed by atoms with E-state index in [1.54, 1.807) is 26.0 Å². The van der Waals surface area contributed by atoms with Crippen LogP contribution in [0.15, 0.2) is 36.4 Å². The number of hydrogen-bond donors (Lipinski definition) is 1. The smallest absolute Gasteiger partial charge is 0.129 e. The Morgan fingerprint density at radius 3 is 1.89 bits per heavy atom. The molecule has 0 bridgehead atoms. The Morgan fingerprint density at radius 2 is 1.42 bits per heavy atom. The lowest BCUT2D eigenvalue weighted by Crippen LogP contribution is -2.18. The van der Waals surface area contributed by atoms with Gasteiger partial charge in [0.05, 0.1) is 6.04 Å². The minimum atomic E-state index is -0.259. The number of hydrogen-bond acceptors (Lipinski definition) is 1. The van der Waals surface area contributed by atoms with Crippen LogP contribution in [0.3, 0.4) is 0 Å². The molecule has 1 unspecified atom stereocenters. The molecule has 0 spiro atoms. The van der Waals surface area contributed by atoms with E-state index in [2.05, 4.69) is 5.32 Å². The third kappa shape index (κ3) is 2.82. The van der Waals surface area contributed by atoms with Gasteiger partial charge < -0.3 is 5.32 Å². The van der Waals surface area contributed by atoms with Crippen LogP contribution in [0.2, 0.25) is 0 Å². The molecular formula is C16H17F2N. The summed E-state index contributed by atoms with van der Waals surface area (Å²) in [5.74, 6) is -0.428. The van der Waals surface area contributed by atoms with Gasteiger partial charge in [0.25, 0.3) is 0 Å². The molecule has 0 heterocycles. The van der Waals surface area contributed by atoms with E-state index < -0.39 is 0 Å². The molecule has 0 amide bonds. The van der Waals surface area contributed by atoms with Crippen molar-refractivity contribution < 1.29 is 8.78 Å². The minimum absolute atomic E-state index is 0.0707. The Bertz CT molecular complexity index is 553. The lowest BCUT2D eigenvalue weighted by Gasteiger charge is -2.19. The fourth-order valence-corrected chi connectivity index (χ4v) is 2.33. The summed E-state index contributed by atoms with van der Waals surface area (Å²) < 4.78 is 26.6. The Balaban J connectivity index is 2.45. The molecule has 0 aliphatic carbocycles. The van der Waals surface area contributed by atoms with E-state index in [0.29, 0.717) is 11.1 Å². The van der Waals surface area contributed by atoms with E-state index in [1.165, 1.54) is 12.1 Å². The standard InChI is InChI=1S/C16H17F2N/c1-10-8-13(9-11(2)15(10)18)16(19-3)12-4-6-14(17)7-5-12/h4-9,16,19H,1-3H3. The maximum atomic E-state index is 13.7. The molecule has 0 aliphatic heterocycles. The van der Waals surface area contributed by atoms with Gasteiger partial charge in [-0.15, -0.1) is 0 Å². The molecule has 0 aliphatic rings. The van der Waals surface area contributed by atoms with Crippen molar-refractivity contribution in [2.24, 2.45) is 0 Å². The molecule has 0 radical (unpaired) electrons. The molecule has 0 fully saturated rings. The molecule has 2 aromatic rings. The second kappa shape index (κ2) is 5.49. The second-order valence-electron chi connectivity index (χ2n) is 4.74. The van der Waals surface area contributed by atoms with Crippen molar-refractivity contribution in [3.8, 4) is 0 Å². The van der Waals surface area contributed by atoms with Crippen LogP contribution < -0.4 is 5.32 Å². The highest BCUT2D eigenvalue weighted by molar-refractivity contribution is 5.37. The van der Waals surface area contributed by atoms with Gasteiger partial charge >= 0.3 is 0 Å². The normalized spacial score (nSPS) is 12.5. The first kappa shape index (κ1) is 13.7. The summed E-state index contributed by atoms with van der Waals surface area (Å²) in [5.41, 5.74) is 3.18. The number of aryl methyl sites for hydroxylation is 2. The highest BCUT2D eigenvalue weighted by atomic mass is 19.1. The van der Waals surface area contributed by atoms with Crippen LogP contribution in [0.1, 0.15) is 28.3 Å². The van der Waals surface area contributed by atoms with Gasteiger partial charge in [0, 0.05) is 0 Å². The lowest BCUT2D eigenvalue weighted by atomic mass is 9.95. The van der Waals surface area contributed by atoms with Crippen molar-refractivity contribution in [2.45, 2.75) is 19.9 Å². The maximum absolute atomic E-state index is 13.7. The summed E-state index contributed by atoms with van der Waals surface area (Å²) in [5, 5.41) is 3.18. The Kier molecular flexibility index (Phi) is 3.96. The molecule has 1 nitrogen and oxygen atoms in total. The van der Waals surface area contributed by atoms with Crippen LogP contribution in [0.25, 0.3) is 0 Å². The number of halogens is 2. The molecule has 3 heteroatoms. The SMILES string of the molecule is CNC(c1ccc(F)cc1)c1cc(C)c(F)c(C)c1. The summed E-state index contributed by atoms with van der Waals surface area (Å²) in [6.45, 7) is 3.51. The molecule has 2 aromatic carbocycles. The molecule has 19 heavy (non-hydrogen) atoms. The first-order chi connectivity index (χ1) is 9.02. The van der Waals surface area contributed by atoms with Crippen molar-refractivity contribution in [3.05, 3.63) is 70.3 Å². The first-order valence-corrected chi connectivity index (χ1v) is 6.22. The monoisotopic (exact) mass is 261 g/mol. The van der Waals surface area contributed by atoms with Gasteiger partial charge in [-0.3, -0.25) is 0 Å². The molecule has 100 valence electrons. The lowest BCUT2D eigenvalue weighted by molar-refractivity contribution is 0.604. The van der Waals surface area contributed by atoms with Gasteiger partial charge in [0.2, 0.25) is 0 Å². The first-order valence-electron chi connectivity index (χ1n) is 6.22. The summed E-state index contributed by atoms with van der Waals surface area (Å²) >= 11 is 0. The largest absolute Gasteiger partial charge is 0.309 e. The van der Waals surface area contributed by atoms with Crippen molar-refractivity contribution in [1.29, 1.82) is 0 Å². The Labute approximate surface area is 112 Å². The summed E-state index contributed by atoms with van der Waals surface area (Å²) in [6, 6.07) is 9.93. The van der Waals surface area contributed by atoms with Crippen LogP contribution in [-0.4, -0.2) is 7.05 Å². The fourth-order valence-electron chi connectivity index (χ4n) is 2.33. The fraction of sp³-hybridized carbons (Fsp3) is 0.250. The third-order valence-electron chi connectivity index (χ3n) is 3.28. The van der Waals surface area contributed by atoms with E-state index in [4.69, 9.17) is 0 Å². The quantitative estimate of drug-likeness (QED) is 0.883. The van der Waals surface area contributed by atoms with E-state index in [-0.39, 0.29) is 17.7 Å². The zero-order valence-corrected chi connectivity index (χ0v) is 11.3. The summed E-state index contributed by atoms with van der Waals surface area (Å²) in [7, 11) is 1.84. The maximum Gasteiger partial charge on any atom is 0.129 e. The zero-order valence-electron chi connectivity index (χ0n) is 11.3. The molecule has 0 saturated carbocycles. The van der Waals surface area contributed by atoms with Crippen LogP contribution in [-0.2, 0) is 0 Å². The number of rotatable bonds is 3. The van der Waals surface area contributed by atoms with Crippen LogP contribution in [0, 0.1) is 25.5 Å². The van der Waals surface area contributed by atoms with Crippen molar-refractivity contribution >= 4 is 0 Å². The number of nitrogens with one attached hydrogen (secondary N) is 1. The van der Waals surface area contributed by atoms with E-state index >= 15 is 0 Å². The van der Waals surface area contributed by atoms with Crippen molar-refractivity contribution in [1.82, 2.24) is 5.32 Å². The Morgan fingerprint density at radius 1 is 0.895 bits per heavy atom. The summed E-state index contributed by atoms with van der Waals surface area (Å²) in [6.07, 6.45) is 0. The zero-order chi connectivity index (χ0) is 14.0. The van der Waals surface area contributed by atoms with Gasteiger partial charge in [-0.1, -0.05) is 24.3 Å². The highest BCUT2D eigenvalue weighted by Crippen LogP contribution is 2.25. The molecule has 1 atom stereocenters. The molecule has 0 saturated heterocycles. The Hall–Kier alpha value is -1.74. The number of benzene rings is 2. The van der Waals surface area contributed by atoms with Crippen molar-refractivity contribution in [2.75, 3.05) is 7.05 Å². The van der Waals surface area contributed by atoms with Gasteiger partial charge in [0.1, 0.15) is 11.6 Å². The van der Waals surface area contributed by atoms with E-state index in [0.717, 1.165) is 11.1 Å². The van der Waals surface area contributed by atoms with Crippen LogP contribution >= 0.6 is 0 Å². The average Bonchev–Trinajstić information content (AvgIpc) is 2.39. The molecular weight excluding hydrogens is 244 g/mol. The van der Waals surface area contributed by atoms with E-state index in [9.17, 15) is 8.78 Å².